The van der Waals surface area contributed by atoms with Crippen LogP contribution in [-0.4, -0.2) is 100 Å². The Balaban J connectivity index is 2.06. The van der Waals surface area contributed by atoms with E-state index in [0.717, 1.165) is 103 Å². The molecule has 0 spiro atoms. The third-order valence-electron chi connectivity index (χ3n) is 13.8. The predicted octanol–water partition coefficient (Wildman–Crippen LogP) is 14.0. The highest BCUT2D eigenvalue weighted by molar-refractivity contribution is 5.76. The second-order valence-electron chi connectivity index (χ2n) is 20.6. The first-order valence-electron chi connectivity index (χ1n) is 30.2. The number of unbranched alkanes of at least 4 members (excludes halogenated alkanes) is 27. The molecule has 74 heavy (non-hydrogen) atoms. The topological polar surface area (TPSA) is 175 Å². The number of rotatable bonds is 51. The number of nitrogens with one attached hydrogen (secondary N) is 1. The molecule has 1 aliphatic rings. The van der Waals surface area contributed by atoms with E-state index in [-0.39, 0.29) is 18.5 Å². The second-order valence-corrected chi connectivity index (χ2v) is 20.6. The van der Waals surface area contributed by atoms with Crippen LogP contribution in [0.15, 0.2) is 72.9 Å². The summed E-state index contributed by atoms with van der Waals surface area (Å²) in [7, 11) is 0. The first-order chi connectivity index (χ1) is 36.2. The van der Waals surface area contributed by atoms with Crippen molar-refractivity contribution in [3.8, 4) is 0 Å². The van der Waals surface area contributed by atoms with Crippen molar-refractivity contribution in [3.63, 3.8) is 0 Å². The number of carbonyl (C=O) groups is 2. The number of ether oxygens (including phenoxy) is 3. The van der Waals surface area contributed by atoms with Gasteiger partial charge in [-0.2, -0.15) is 0 Å². The molecule has 7 atom stereocenters. The molecular formula is C63H111NO10. The summed E-state index contributed by atoms with van der Waals surface area (Å²) in [6, 6.07) is -0.848. The Morgan fingerprint density at radius 3 is 1.49 bits per heavy atom. The Morgan fingerprint density at radius 1 is 0.514 bits per heavy atom. The minimum atomic E-state index is -1.59. The molecule has 11 heteroatoms. The van der Waals surface area contributed by atoms with Gasteiger partial charge in [0.05, 0.1) is 32.0 Å². The zero-order valence-electron chi connectivity index (χ0n) is 47.0. The molecule has 11 nitrogen and oxygen atoms in total. The first kappa shape index (κ1) is 69.1. The second kappa shape index (κ2) is 52.2. The minimum absolute atomic E-state index is 0.0351. The van der Waals surface area contributed by atoms with Gasteiger partial charge in [0.2, 0.25) is 5.91 Å². The molecule has 0 radical (unpaired) electrons. The first-order valence-corrected chi connectivity index (χ1v) is 30.2. The summed E-state index contributed by atoms with van der Waals surface area (Å²) in [5, 5.41) is 54.2. The average Bonchev–Trinajstić information content (AvgIpc) is 3.40. The van der Waals surface area contributed by atoms with E-state index in [1.54, 1.807) is 6.08 Å². The van der Waals surface area contributed by atoms with Gasteiger partial charge in [0.1, 0.15) is 24.4 Å². The van der Waals surface area contributed by atoms with E-state index < -0.39 is 49.5 Å². The number of aliphatic hydroxyl groups is 5. The Bertz CT molecular complexity index is 1460. The molecular weight excluding hydrogens is 931 g/mol. The van der Waals surface area contributed by atoms with Crippen LogP contribution in [-0.2, 0) is 23.8 Å². The van der Waals surface area contributed by atoms with E-state index in [1.807, 2.05) is 6.08 Å². The van der Waals surface area contributed by atoms with Gasteiger partial charge in [-0.25, -0.2) is 0 Å². The monoisotopic (exact) mass is 1040 g/mol. The number of hydrogen-bond donors (Lipinski definition) is 6. The van der Waals surface area contributed by atoms with Gasteiger partial charge in [-0.15, -0.1) is 0 Å². The number of allylic oxidation sites excluding steroid dienone is 11. The lowest BCUT2D eigenvalue weighted by Gasteiger charge is -2.40. The predicted molar refractivity (Wildman–Crippen MR) is 306 cm³/mol. The SMILES string of the molecule is CC/C=C/CC/C=C/CC/C=C/C(O)C(COC1OC(CO)C(O)C(O)C1O)NC(=O)CCCCCCCCC/C=C\C/C=C\CCCCCOC(=O)CCCCCCCCCCC/C=C\CCCCCCCC. The van der Waals surface area contributed by atoms with Crippen molar-refractivity contribution in [2.75, 3.05) is 19.8 Å². The highest BCUT2D eigenvalue weighted by Crippen LogP contribution is 2.23. The van der Waals surface area contributed by atoms with Crippen LogP contribution < -0.4 is 5.32 Å². The summed E-state index contributed by atoms with van der Waals surface area (Å²) < 4.78 is 16.6. The van der Waals surface area contributed by atoms with E-state index in [0.29, 0.717) is 25.9 Å². The molecule has 0 aliphatic carbocycles. The number of esters is 1. The average molecular weight is 1040 g/mol. The maximum Gasteiger partial charge on any atom is 0.305 e. The standard InChI is InChI=1S/C63H111NO10/c1-3-5-7-9-11-13-15-16-17-18-19-22-25-28-31-35-39-43-47-51-59(68)72-52-48-44-40-36-32-29-26-23-20-21-24-27-30-34-38-42-46-50-58(67)64-55(54-73-63-62(71)61(70)60(69)57(53-65)74-63)56(66)49-45-41-37-33-14-12-10-8-6-4-2/h6,8,14,16-17,20,23,29,32-33,45,49,55-57,60-63,65-66,69-71H,3-5,7,9-13,15,18-19,21-22,24-28,30-31,34-44,46-48,50-54H2,1-2H3,(H,64,67)/b8-6+,17-16-,23-20-,32-29-,33-14+,49-45+. The summed E-state index contributed by atoms with van der Waals surface area (Å²) in [6.45, 7) is 4.13. The zero-order valence-corrected chi connectivity index (χ0v) is 47.0. The van der Waals surface area contributed by atoms with Crippen LogP contribution in [0, 0.1) is 0 Å². The molecule has 0 aromatic rings. The highest BCUT2D eigenvalue weighted by Gasteiger charge is 2.44. The van der Waals surface area contributed by atoms with Crippen molar-refractivity contribution >= 4 is 11.9 Å². The number of amides is 1. The van der Waals surface area contributed by atoms with E-state index in [2.05, 4.69) is 79.9 Å². The third kappa shape index (κ3) is 41.3. The van der Waals surface area contributed by atoms with Crippen molar-refractivity contribution in [3.05, 3.63) is 72.9 Å². The normalized spacial score (nSPS) is 19.4. The molecule has 0 saturated carbocycles. The Labute approximate surface area is 451 Å². The Morgan fingerprint density at radius 2 is 0.959 bits per heavy atom. The van der Waals surface area contributed by atoms with Gasteiger partial charge in [-0.1, -0.05) is 196 Å². The minimum Gasteiger partial charge on any atom is -0.466 e. The van der Waals surface area contributed by atoms with Gasteiger partial charge in [0, 0.05) is 12.8 Å². The van der Waals surface area contributed by atoms with Crippen LogP contribution in [0.3, 0.4) is 0 Å². The van der Waals surface area contributed by atoms with Crippen molar-refractivity contribution in [2.45, 2.75) is 294 Å². The summed E-state index contributed by atoms with van der Waals surface area (Å²) in [6.07, 6.45) is 58.7. The fraction of sp³-hybridized carbons (Fsp3) is 0.778. The summed E-state index contributed by atoms with van der Waals surface area (Å²) in [4.78, 5) is 25.1. The molecule has 1 aliphatic heterocycles. The number of aliphatic hydroxyl groups excluding tert-OH is 5. The maximum absolute atomic E-state index is 13.0. The molecule has 0 bridgehead atoms. The molecule has 428 valence electrons. The lowest BCUT2D eigenvalue weighted by Crippen LogP contribution is -2.60. The van der Waals surface area contributed by atoms with Crippen LogP contribution in [0.5, 0.6) is 0 Å². The Hall–Kier alpha value is -2.90. The summed E-state index contributed by atoms with van der Waals surface area (Å²) in [5.74, 6) is -0.252. The van der Waals surface area contributed by atoms with E-state index in [4.69, 9.17) is 14.2 Å². The smallest absolute Gasteiger partial charge is 0.305 e. The van der Waals surface area contributed by atoms with Crippen LogP contribution in [0.4, 0.5) is 0 Å². The van der Waals surface area contributed by atoms with Gasteiger partial charge < -0.3 is 45.1 Å². The molecule has 1 rings (SSSR count). The molecule has 0 aromatic heterocycles. The number of hydrogen-bond acceptors (Lipinski definition) is 10. The zero-order chi connectivity index (χ0) is 53.8. The summed E-state index contributed by atoms with van der Waals surface area (Å²) >= 11 is 0. The quantitative estimate of drug-likeness (QED) is 0.0195. The lowest BCUT2D eigenvalue weighted by molar-refractivity contribution is -0.302. The molecule has 1 saturated heterocycles. The van der Waals surface area contributed by atoms with Gasteiger partial charge >= 0.3 is 5.97 Å². The van der Waals surface area contributed by atoms with Crippen molar-refractivity contribution in [2.24, 2.45) is 0 Å². The number of carbonyl (C=O) groups excluding carboxylic acids is 2. The Kier molecular flexibility index (Phi) is 48.7. The third-order valence-corrected chi connectivity index (χ3v) is 13.8. The van der Waals surface area contributed by atoms with Crippen LogP contribution in [0.1, 0.15) is 251 Å². The fourth-order valence-corrected chi connectivity index (χ4v) is 8.97. The van der Waals surface area contributed by atoms with Crippen molar-refractivity contribution in [1.82, 2.24) is 5.32 Å². The van der Waals surface area contributed by atoms with E-state index in [9.17, 15) is 35.1 Å². The van der Waals surface area contributed by atoms with Gasteiger partial charge in [-0.3, -0.25) is 9.59 Å². The molecule has 7 unspecified atom stereocenters. The van der Waals surface area contributed by atoms with Gasteiger partial charge in [-0.05, 0) is 116 Å². The van der Waals surface area contributed by atoms with E-state index >= 15 is 0 Å². The molecule has 6 N–H and O–H groups in total. The van der Waals surface area contributed by atoms with Crippen LogP contribution in [0.25, 0.3) is 0 Å². The van der Waals surface area contributed by atoms with E-state index in [1.165, 1.54) is 116 Å². The lowest BCUT2D eigenvalue weighted by atomic mass is 9.99. The highest BCUT2D eigenvalue weighted by atomic mass is 16.7. The van der Waals surface area contributed by atoms with Gasteiger partial charge in [0.25, 0.3) is 0 Å². The van der Waals surface area contributed by atoms with Crippen LogP contribution >= 0.6 is 0 Å². The molecule has 1 amide bonds. The van der Waals surface area contributed by atoms with Crippen LogP contribution in [0.2, 0.25) is 0 Å². The van der Waals surface area contributed by atoms with Crippen molar-refractivity contribution < 1.29 is 49.3 Å². The molecule has 0 aromatic carbocycles. The van der Waals surface area contributed by atoms with Crippen molar-refractivity contribution in [1.29, 1.82) is 0 Å². The van der Waals surface area contributed by atoms with Gasteiger partial charge in [0.15, 0.2) is 6.29 Å². The maximum atomic E-state index is 13.0. The largest absolute Gasteiger partial charge is 0.466 e. The summed E-state index contributed by atoms with van der Waals surface area (Å²) in [5.41, 5.74) is 0. The molecule has 1 fully saturated rings. The fourth-order valence-electron chi connectivity index (χ4n) is 8.97. The molecule has 1 heterocycles.